The van der Waals surface area contributed by atoms with Gasteiger partial charge in [-0.05, 0) is 36.6 Å². The number of nitrogens with two attached hydrogens (primary N) is 1. The van der Waals surface area contributed by atoms with Crippen molar-refractivity contribution in [1.82, 2.24) is 4.98 Å². The number of carbonyl (C=O) groups excluding carboxylic acids is 2. The number of primary amides is 1. The van der Waals surface area contributed by atoms with E-state index in [1.54, 1.807) is 38.7 Å². The van der Waals surface area contributed by atoms with E-state index in [9.17, 15) is 9.59 Å². The quantitative estimate of drug-likeness (QED) is 0.573. The highest BCUT2D eigenvalue weighted by Gasteiger charge is 2.26. The number of pyridine rings is 1. The highest BCUT2D eigenvalue weighted by Crippen LogP contribution is 2.38. The largest absolute Gasteiger partial charge is 0.493 e. The van der Waals surface area contributed by atoms with Crippen LogP contribution in [-0.2, 0) is 4.79 Å². The number of hydrogen-bond donors (Lipinski definition) is 2. The van der Waals surface area contributed by atoms with Gasteiger partial charge in [0.15, 0.2) is 11.5 Å². The summed E-state index contributed by atoms with van der Waals surface area (Å²) >= 11 is 1.42. The highest BCUT2D eigenvalue weighted by molar-refractivity contribution is 7.14. The fourth-order valence-electron chi connectivity index (χ4n) is 3.59. The maximum atomic E-state index is 12.5. The molecule has 0 atom stereocenters. The third-order valence-corrected chi connectivity index (χ3v) is 6.46. The summed E-state index contributed by atoms with van der Waals surface area (Å²) in [6.45, 7) is 0. The molecule has 0 spiro atoms. The van der Waals surface area contributed by atoms with Gasteiger partial charge in [0.1, 0.15) is 0 Å². The van der Waals surface area contributed by atoms with E-state index < -0.39 is 5.91 Å². The molecule has 8 heteroatoms. The Balaban J connectivity index is 1.72. The van der Waals surface area contributed by atoms with Crippen molar-refractivity contribution in [3.05, 3.63) is 47.6 Å². The van der Waals surface area contributed by atoms with Crippen molar-refractivity contribution < 1.29 is 19.1 Å². The molecule has 31 heavy (non-hydrogen) atoms. The van der Waals surface area contributed by atoms with Gasteiger partial charge in [-0.3, -0.25) is 14.6 Å². The number of nitrogens with one attached hydrogen (secondary N) is 1. The number of aromatic nitrogens is 1. The molecule has 160 valence electrons. The molecule has 1 fully saturated rings. The van der Waals surface area contributed by atoms with Gasteiger partial charge in [0.2, 0.25) is 11.8 Å². The van der Waals surface area contributed by atoms with E-state index in [0.29, 0.717) is 33.9 Å². The van der Waals surface area contributed by atoms with Crippen molar-refractivity contribution in [3.63, 3.8) is 0 Å². The van der Waals surface area contributed by atoms with E-state index >= 15 is 0 Å². The Morgan fingerprint density at radius 2 is 1.84 bits per heavy atom. The second kappa shape index (κ2) is 8.77. The normalized spacial score (nSPS) is 13.4. The van der Waals surface area contributed by atoms with Crippen LogP contribution in [0.3, 0.4) is 0 Å². The number of thiophene rings is 1. The van der Waals surface area contributed by atoms with Crippen LogP contribution < -0.4 is 20.5 Å². The lowest BCUT2D eigenvalue weighted by molar-refractivity contribution is -0.122. The smallest absolute Gasteiger partial charge is 0.250 e. The summed E-state index contributed by atoms with van der Waals surface area (Å²) in [5.41, 5.74) is 8.80. The Bertz CT molecular complexity index is 1140. The van der Waals surface area contributed by atoms with Crippen molar-refractivity contribution in [2.24, 2.45) is 11.7 Å². The number of ether oxygens (including phenoxy) is 2. The van der Waals surface area contributed by atoms with Crippen LogP contribution in [0.25, 0.3) is 21.6 Å². The average molecular weight is 438 g/mol. The molecule has 4 rings (SSSR count). The van der Waals surface area contributed by atoms with Crippen molar-refractivity contribution in [1.29, 1.82) is 0 Å². The molecule has 1 aliphatic carbocycles. The van der Waals surface area contributed by atoms with Gasteiger partial charge in [-0.2, -0.15) is 0 Å². The summed E-state index contributed by atoms with van der Waals surface area (Å²) < 4.78 is 10.7. The molecule has 3 N–H and O–H groups in total. The van der Waals surface area contributed by atoms with Crippen LogP contribution in [0, 0.1) is 5.92 Å². The lowest BCUT2D eigenvalue weighted by Gasteiger charge is -2.23. The van der Waals surface area contributed by atoms with E-state index in [1.165, 1.54) is 11.3 Å². The molecule has 0 aliphatic heterocycles. The monoisotopic (exact) mass is 437 g/mol. The lowest BCUT2D eigenvalue weighted by atomic mass is 9.85. The van der Waals surface area contributed by atoms with E-state index in [4.69, 9.17) is 15.2 Å². The van der Waals surface area contributed by atoms with Gasteiger partial charge in [0.05, 0.1) is 25.5 Å². The molecule has 0 bridgehead atoms. The SMILES string of the molecule is COc1ccc(-c2cncc(-c3cc(NC(=O)C4CCC4)cs3)c2C(N)=O)cc1OC. The van der Waals surface area contributed by atoms with Gasteiger partial charge in [-0.15, -0.1) is 11.3 Å². The van der Waals surface area contributed by atoms with Crippen LogP contribution in [0.15, 0.2) is 42.0 Å². The maximum Gasteiger partial charge on any atom is 0.250 e. The fourth-order valence-corrected chi connectivity index (χ4v) is 4.45. The number of methoxy groups -OCH3 is 2. The van der Waals surface area contributed by atoms with Gasteiger partial charge < -0.3 is 20.5 Å². The number of amides is 2. The molecular formula is C23H23N3O4S. The summed E-state index contributed by atoms with van der Waals surface area (Å²) in [6.07, 6.45) is 6.20. The van der Waals surface area contributed by atoms with Crippen molar-refractivity contribution in [2.45, 2.75) is 19.3 Å². The standard InChI is InChI=1S/C23H23N3O4S/c1-29-18-7-6-14(8-19(18)30-2)16-10-25-11-17(21(16)22(24)27)20-9-15(12-31-20)26-23(28)13-4-3-5-13/h6-13H,3-5H2,1-2H3,(H2,24,27)(H,26,28). The topological polar surface area (TPSA) is 104 Å². The highest BCUT2D eigenvalue weighted by atomic mass is 32.1. The van der Waals surface area contributed by atoms with Crippen LogP contribution in [0.2, 0.25) is 0 Å². The Labute approximate surface area is 184 Å². The van der Waals surface area contributed by atoms with Crippen LogP contribution in [0.1, 0.15) is 29.6 Å². The van der Waals surface area contributed by atoms with Crippen molar-refractivity contribution in [2.75, 3.05) is 19.5 Å². The predicted molar refractivity (Wildman–Crippen MR) is 121 cm³/mol. The number of carbonyl (C=O) groups is 2. The summed E-state index contributed by atoms with van der Waals surface area (Å²) in [6, 6.07) is 7.23. The summed E-state index contributed by atoms with van der Waals surface area (Å²) in [5, 5.41) is 4.82. The van der Waals surface area contributed by atoms with E-state index in [-0.39, 0.29) is 11.8 Å². The van der Waals surface area contributed by atoms with E-state index in [0.717, 1.165) is 29.7 Å². The first-order valence-corrected chi connectivity index (χ1v) is 10.8. The number of anilines is 1. The van der Waals surface area contributed by atoms with Gasteiger partial charge >= 0.3 is 0 Å². The Morgan fingerprint density at radius 1 is 1.10 bits per heavy atom. The minimum atomic E-state index is -0.560. The molecule has 2 heterocycles. The first-order valence-electron chi connectivity index (χ1n) is 9.91. The van der Waals surface area contributed by atoms with E-state index in [2.05, 4.69) is 10.3 Å². The molecule has 1 saturated carbocycles. The second-order valence-corrected chi connectivity index (χ2v) is 8.27. The maximum absolute atomic E-state index is 12.5. The molecule has 1 aromatic carbocycles. The number of benzene rings is 1. The minimum absolute atomic E-state index is 0.0444. The van der Waals surface area contributed by atoms with Gasteiger partial charge in [0, 0.05) is 39.7 Å². The summed E-state index contributed by atoms with van der Waals surface area (Å²) in [4.78, 5) is 29.9. The van der Waals surface area contributed by atoms with Gasteiger partial charge in [-0.1, -0.05) is 12.5 Å². The number of nitrogens with zero attached hydrogens (tertiary/aromatic N) is 1. The average Bonchev–Trinajstić information content (AvgIpc) is 3.19. The second-order valence-electron chi connectivity index (χ2n) is 7.36. The molecule has 2 amide bonds. The zero-order valence-corrected chi connectivity index (χ0v) is 18.1. The lowest BCUT2D eigenvalue weighted by Crippen LogP contribution is -2.27. The van der Waals surface area contributed by atoms with Gasteiger partial charge in [0.25, 0.3) is 0 Å². The van der Waals surface area contributed by atoms with Crippen LogP contribution in [0.5, 0.6) is 11.5 Å². The molecule has 1 aliphatic rings. The molecule has 0 radical (unpaired) electrons. The third kappa shape index (κ3) is 4.11. The predicted octanol–water partition coefficient (Wildman–Crippen LogP) is 4.33. The third-order valence-electron chi connectivity index (χ3n) is 5.50. The fraction of sp³-hybridized carbons (Fsp3) is 0.261. The minimum Gasteiger partial charge on any atom is -0.493 e. The molecule has 3 aromatic rings. The zero-order valence-electron chi connectivity index (χ0n) is 17.3. The molecule has 7 nitrogen and oxygen atoms in total. The van der Waals surface area contributed by atoms with Gasteiger partial charge in [-0.25, -0.2) is 0 Å². The van der Waals surface area contributed by atoms with Crippen LogP contribution >= 0.6 is 11.3 Å². The Morgan fingerprint density at radius 3 is 2.48 bits per heavy atom. The zero-order chi connectivity index (χ0) is 22.0. The number of hydrogen-bond acceptors (Lipinski definition) is 6. The van der Waals surface area contributed by atoms with Crippen molar-refractivity contribution >= 4 is 28.8 Å². The number of rotatable bonds is 7. The summed E-state index contributed by atoms with van der Waals surface area (Å²) in [5.74, 6) is 0.706. The van der Waals surface area contributed by atoms with Crippen LogP contribution in [-0.4, -0.2) is 31.0 Å². The summed E-state index contributed by atoms with van der Waals surface area (Å²) in [7, 11) is 3.11. The molecule has 2 aromatic heterocycles. The van der Waals surface area contributed by atoms with Crippen LogP contribution in [0.4, 0.5) is 5.69 Å². The molecular weight excluding hydrogens is 414 g/mol. The van der Waals surface area contributed by atoms with Crippen molar-refractivity contribution in [3.8, 4) is 33.1 Å². The Kier molecular flexibility index (Phi) is 5.90. The van der Waals surface area contributed by atoms with E-state index in [1.807, 2.05) is 17.5 Å². The molecule has 0 saturated heterocycles. The molecule has 0 unspecified atom stereocenters. The first kappa shape index (κ1) is 20.9. The first-order chi connectivity index (χ1) is 15.0. The Hall–Kier alpha value is -3.39.